The van der Waals surface area contributed by atoms with Gasteiger partial charge in [-0.1, -0.05) is 29.8 Å². The van der Waals surface area contributed by atoms with Gasteiger partial charge in [0.25, 0.3) is 5.56 Å². The zero-order valence-corrected chi connectivity index (χ0v) is 18.9. The lowest BCUT2D eigenvalue weighted by molar-refractivity contribution is -0.118. The van der Waals surface area contributed by atoms with Crippen LogP contribution in [0.3, 0.4) is 0 Å². The molecule has 3 heterocycles. The number of thiophene rings is 1. The van der Waals surface area contributed by atoms with Gasteiger partial charge in [0, 0.05) is 42.1 Å². The van der Waals surface area contributed by atoms with Crippen molar-refractivity contribution < 1.29 is 4.79 Å². The number of fused-ring (bicyclic) bond motifs is 3. The second-order valence-corrected chi connectivity index (χ2v) is 9.87. The van der Waals surface area contributed by atoms with Gasteiger partial charge in [-0.2, -0.15) is 0 Å². The summed E-state index contributed by atoms with van der Waals surface area (Å²) in [6.07, 6.45) is 6.54. The van der Waals surface area contributed by atoms with Gasteiger partial charge in [0.1, 0.15) is 4.83 Å². The summed E-state index contributed by atoms with van der Waals surface area (Å²) in [5.41, 5.74) is 2.13. The fourth-order valence-electron chi connectivity index (χ4n) is 4.85. The second-order valence-electron chi connectivity index (χ2n) is 8.38. The fourth-order valence-corrected chi connectivity index (χ4v) is 6.29. The third-order valence-corrected chi connectivity index (χ3v) is 8.07. The van der Waals surface area contributed by atoms with Gasteiger partial charge in [0.05, 0.1) is 18.3 Å². The van der Waals surface area contributed by atoms with Gasteiger partial charge in [0.15, 0.2) is 0 Å². The van der Waals surface area contributed by atoms with E-state index < -0.39 is 0 Å². The molecule has 3 aromatic rings. The topological polar surface area (TPSA) is 58.4 Å². The molecular weight excluding hydrogens is 432 g/mol. The highest BCUT2D eigenvalue weighted by Gasteiger charge is 2.29. The number of carbonyl (C=O) groups excluding carboxylic acids is 1. The first kappa shape index (κ1) is 20.7. The van der Waals surface area contributed by atoms with E-state index in [1.807, 2.05) is 29.2 Å². The minimum Gasteiger partial charge on any atom is -0.344 e. The molecule has 1 atom stereocenters. The highest BCUT2D eigenvalue weighted by atomic mass is 35.5. The average molecular weight is 457 g/mol. The first-order valence-corrected chi connectivity index (χ1v) is 12.0. The Hall–Kier alpha value is -2.22. The highest BCUT2D eigenvalue weighted by Crippen LogP contribution is 2.35. The van der Waals surface area contributed by atoms with Crippen LogP contribution in [0.25, 0.3) is 10.2 Å². The zero-order chi connectivity index (χ0) is 21.4. The molecule has 1 saturated heterocycles. The normalized spacial score (nSPS) is 19.9. The lowest BCUT2D eigenvalue weighted by atomic mass is 9.92. The van der Waals surface area contributed by atoms with Gasteiger partial charge in [-0.3, -0.25) is 19.1 Å². The number of hydrogen-bond donors (Lipinski definition) is 0. The van der Waals surface area contributed by atoms with E-state index >= 15 is 0 Å². The third kappa shape index (κ3) is 4.02. The maximum atomic E-state index is 13.3. The van der Waals surface area contributed by atoms with E-state index in [1.165, 1.54) is 10.4 Å². The molecule has 8 heteroatoms. The van der Waals surface area contributed by atoms with Crippen LogP contribution in [0.5, 0.6) is 0 Å². The Labute approximate surface area is 190 Å². The van der Waals surface area contributed by atoms with Crippen LogP contribution in [0.4, 0.5) is 0 Å². The quantitative estimate of drug-likeness (QED) is 0.566. The molecule has 0 saturated carbocycles. The molecule has 0 radical (unpaired) electrons. The van der Waals surface area contributed by atoms with Crippen LogP contribution in [-0.4, -0.2) is 58.0 Å². The molecule has 1 aliphatic heterocycles. The molecule has 1 fully saturated rings. The molecule has 31 heavy (non-hydrogen) atoms. The van der Waals surface area contributed by atoms with Crippen LogP contribution in [-0.2, 0) is 24.2 Å². The Balaban J connectivity index is 1.41. The molecule has 2 aliphatic rings. The number of nitrogens with zero attached hydrogens (tertiary/aromatic N) is 4. The number of aryl methyl sites for hydroxylation is 1. The molecule has 1 aromatic carbocycles. The summed E-state index contributed by atoms with van der Waals surface area (Å²) in [6.45, 7) is 4.02. The first-order valence-electron chi connectivity index (χ1n) is 10.8. The summed E-state index contributed by atoms with van der Waals surface area (Å²) in [4.78, 5) is 35.6. The van der Waals surface area contributed by atoms with Crippen LogP contribution in [0, 0.1) is 0 Å². The molecule has 0 bridgehead atoms. The van der Waals surface area contributed by atoms with Crippen molar-refractivity contribution in [1.29, 1.82) is 0 Å². The van der Waals surface area contributed by atoms with Crippen molar-refractivity contribution in [3.63, 3.8) is 0 Å². The molecular formula is C23H25ClN4O2S. The van der Waals surface area contributed by atoms with Gasteiger partial charge in [-0.15, -0.1) is 11.3 Å². The van der Waals surface area contributed by atoms with Gasteiger partial charge in [-0.05, 0) is 42.9 Å². The van der Waals surface area contributed by atoms with E-state index in [9.17, 15) is 9.59 Å². The fraction of sp³-hybridized carbons (Fsp3) is 0.435. The minimum absolute atomic E-state index is 0.0252. The smallest absolute Gasteiger partial charge is 0.262 e. The maximum absolute atomic E-state index is 13.3. The second kappa shape index (κ2) is 8.73. The summed E-state index contributed by atoms with van der Waals surface area (Å²) >= 11 is 7.96. The number of hydrogen-bond acceptors (Lipinski definition) is 5. The molecule has 1 amide bonds. The van der Waals surface area contributed by atoms with Crippen molar-refractivity contribution >= 4 is 39.6 Å². The maximum Gasteiger partial charge on any atom is 0.262 e. The number of aromatic nitrogens is 2. The summed E-state index contributed by atoms with van der Waals surface area (Å²) in [7, 11) is 0. The van der Waals surface area contributed by atoms with Crippen molar-refractivity contribution in [2.24, 2.45) is 0 Å². The van der Waals surface area contributed by atoms with Crippen LogP contribution < -0.4 is 5.56 Å². The van der Waals surface area contributed by atoms with Crippen molar-refractivity contribution in [2.45, 2.75) is 38.3 Å². The Morgan fingerprint density at radius 1 is 1.19 bits per heavy atom. The van der Waals surface area contributed by atoms with E-state index in [-0.39, 0.29) is 5.56 Å². The number of amides is 1. The number of halogens is 1. The van der Waals surface area contributed by atoms with E-state index in [4.69, 9.17) is 11.6 Å². The van der Waals surface area contributed by atoms with E-state index in [0.29, 0.717) is 17.6 Å². The first-order chi connectivity index (χ1) is 15.1. The Bertz CT molecular complexity index is 1170. The van der Waals surface area contributed by atoms with Gasteiger partial charge < -0.3 is 4.90 Å². The largest absolute Gasteiger partial charge is 0.344 e. The van der Waals surface area contributed by atoms with E-state index in [1.54, 1.807) is 22.2 Å². The van der Waals surface area contributed by atoms with E-state index in [2.05, 4.69) is 9.88 Å². The Kier molecular flexibility index (Phi) is 5.82. The van der Waals surface area contributed by atoms with Gasteiger partial charge in [0.2, 0.25) is 6.41 Å². The number of carbonyl (C=O) groups is 1. The van der Waals surface area contributed by atoms with Crippen LogP contribution in [0.2, 0.25) is 5.02 Å². The number of rotatable bonds is 4. The molecule has 0 spiro atoms. The van der Waals surface area contributed by atoms with Crippen LogP contribution >= 0.6 is 22.9 Å². The summed E-state index contributed by atoms with van der Waals surface area (Å²) in [6, 6.07) is 8.08. The molecule has 5 rings (SSSR count). The van der Waals surface area contributed by atoms with Crippen molar-refractivity contribution in [1.82, 2.24) is 19.4 Å². The Morgan fingerprint density at radius 3 is 2.90 bits per heavy atom. The highest BCUT2D eigenvalue weighted by molar-refractivity contribution is 7.18. The van der Waals surface area contributed by atoms with Crippen molar-refractivity contribution in [2.75, 3.05) is 26.2 Å². The monoisotopic (exact) mass is 456 g/mol. The standard InChI is InChI=1S/C23H25ClN4O2S/c24-19-5-2-1-4-16(19)13-28-14-25-22-21(23(28)30)18-7-6-17(12-20(18)31-22)27-9-3-8-26(15-29)10-11-27/h1-2,4-5,14-15,17H,3,6-13H2/t17-/m1/s1. The van der Waals surface area contributed by atoms with Gasteiger partial charge in [-0.25, -0.2) is 4.98 Å². The Morgan fingerprint density at radius 2 is 2.06 bits per heavy atom. The lowest BCUT2D eigenvalue weighted by Gasteiger charge is -2.33. The summed E-state index contributed by atoms with van der Waals surface area (Å²) in [5, 5.41) is 1.45. The molecule has 2 aromatic heterocycles. The molecule has 6 nitrogen and oxygen atoms in total. The molecule has 162 valence electrons. The van der Waals surface area contributed by atoms with Gasteiger partial charge >= 0.3 is 0 Å². The molecule has 0 N–H and O–H groups in total. The zero-order valence-electron chi connectivity index (χ0n) is 17.3. The van der Waals surface area contributed by atoms with E-state index in [0.717, 1.165) is 74.1 Å². The van der Waals surface area contributed by atoms with Crippen LogP contribution in [0.15, 0.2) is 35.4 Å². The lowest BCUT2D eigenvalue weighted by Crippen LogP contribution is -2.41. The van der Waals surface area contributed by atoms with Crippen molar-refractivity contribution in [3.8, 4) is 0 Å². The predicted molar refractivity (Wildman–Crippen MR) is 124 cm³/mol. The minimum atomic E-state index is 0.0252. The third-order valence-electron chi connectivity index (χ3n) is 6.54. The summed E-state index contributed by atoms with van der Waals surface area (Å²) < 4.78 is 1.67. The SMILES string of the molecule is O=CN1CCCN([C@@H]2CCc3c(sc4ncn(Cc5ccccc5Cl)c(=O)c34)C2)CC1. The summed E-state index contributed by atoms with van der Waals surface area (Å²) in [5.74, 6) is 0. The average Bonchev–Trinajstić information content (AvgIpc) is 2.98. The van der Waals surface area contributed by atoms with Crippen LogP contribution in [0.1, 0.15) is 28.8 Å². The van der Waals surface area contributed by atoms with Crippen molar-refractivity contribution in [3.05, 3.63) is 62.0 Å². The molecule has 0 unspecified atom stereocenters. The number of benzene rings is 1. The molecule has 1 aliphatic carbocycles. The predicted octanol–water partition coefficient (Wildman–Crippen LogP) is 3.18.